The molecule has 96 valence electrons. The lowest BCUT2D eigenvalue weighted by molar-refractivity contribution is -0.133. The zero-order valence-electron chi connectivity index (χ0n) is 9.27. The number of hydrogen-bond donors (Lipinski definition) is 0. The molecule has 0 spiro atoms. The first-order valence-electron chi connectivity index (χ1n) is 4.45. The normalized spacial score (nSPS) is 14.0. The summed E-state index contributed by atoms with van der Waals surface area (Å²) in [6, 6.07) is 0. The molecule has 0 N–H and O–H groups in total. The molecule has 0 atom stereocenters. The SMILES string of the molecule is O=C1C#CC(=O)OC#COC(=O)C#CC(=O)OC#CO1. The summed E-state index contributed by atoms with van der Waals surface area (Å²) in [7, 11) is 0. The number of esters is 4. The molecular weight excluding hydrogens is 272 g/mol. The van der Waals surface area contributed by atoms with Gasteiger partial charge in [-0.1, -0.05) is 0 Å². The van der Waals surface area contributed by atoms with Crippen molar-refractivity contribution in [1.82, 2.24) is 0 Å². The molecule has 20 heavy (non-hydrogen) atoms. The molecule has 0 aliphatic carbocycles. The number of rotatable bonds is 0. The van der Waals surface area contributed by atoms with Gasteiger partial charge in [-0.2, -0.15) is 0 Å². The van der Waals surface area contributed by atoms with Crippen LogP contribution < -0.4 is 0 Å². The van der Waals surface area contributed by atoms with Gasteiger partial charge in [-0.25, -0.2) is 19.2 Å². The van der Waals surface area contributed by atoms with E-state index in [9.17, 15) is 19.2 Å². The smallest absolute Gasteiger partial charge is 0.359 e. The van der Waals surface area contributed by atoms with Crippen LogP contribution in [0.15, 0.2) is 0 Å². The Morgan fingerprint density at radius 2 is 0.650 bits per heavy atom. The molecule has 1 heterocycles. The average Bonchev–Trinajstić information content (AvgIpc) is 2.42. The van der Waals surface area contributed by atoms with E-state index >= 15 is 0 Å². The quantitative estimate of drug-likeness (QED) is 0.216. The summed E-state index contributed by atoms with van der Waals surface area (Å²) in [6.45, 7) is 0. The number of carbonyl (C=O) groups excluding carboxylic acids is 4. The highest BCUT2D eigenvalue weighted by atomic mass is 16.6. The number of cyclic esters (lactones) is 4. The summed E-state index contributed by atoms with van der Waals surface area (Å²) < 4.78 is 16.5. The van der Waals surface area contributed by atoms with Gasteiger partial charge >= 0.3 is 23.9 Å². The first-order valence-corrected chi connectivity index (χ1v) is 4.45. The van der Waals surface area contributed by atoms with E-state index < -0.39 is 23.9 Å². The molecule has 0 aromatic rings. The van der Waals surface area contributed by atoms with Crippen LogP contribution in [-0.4, -0.2) is 23.9 Å². The number of carbonyl (C=O) groups is 4. The fourth-order valence-corrected chi connectivity index (χ4v) is 0.575. The molecule has 0 aromatic heterocycles. The fourth-order valence-electron chi connectivity index (χ4n) is 0.575. The second kappa shape index (κ2) is 7.45. The predicted molar refractivity (Wildman–Crippen MR) is 55.5 cm³/mol. The predicted octanol–water partition coefficient (Wildman–Crippen LogP) is -1.98. The largest absolute Gasteiger partial charge is 0.399 e. The molecular formula is C12O8. The van der Waals surface area contributed by atoms with E-state index in [2.05, 4.69) is 18.9 Å². The molecule has 0 saturated carbocycles. The summed E-state index contributed by atoms with van der Waals surface area (Å²) in [5.41, 5.74) is 0. The van der Waals surface area contributed by atoms with Crippen molar-refractivity contribution in [3.8, 4) is 48.1 Å². The van der Waals surface area contributed by atoms with Crippen LogP contribution in [0.25, 0.3) is 0 Å². The standard InChI is InChI=1S/C12O8/c13-9-1-2-10(14)18-7-8-20-12(16)4-3-11(15)19-6-5-17-9. The topological polar surface area (TPSA) is 105 Å². The van der Waals surface area contributed by atoms with Gasteiger partial charge in [0.2, 0.25) is 0 Å². The van der Waals surface area contributed by atoms with Crippen LogP contribution in [0.4, 0.5) is 0 Å². The lowest BCUT2D eigenvalue weighted by Gasteiger charge is -1.87. The fraction of sp³-hybridized carbons (Fsp3) is 0. The molecule has 0 aromatic carbocycles. The van der Waals surface area contributed by atoms with E-state index in [1.807, 2.05) is 0 Å². The minimum Gasteiger partial charge on any atom is -0.359 e. The maximum Gasteiger partial charge on any atom is 0.399 e. The summed E-state index contributed by atoms with van der Waals surface area (Å²) >= 11 is 0. The van der Waals surface area contributed by atoms with Gasteiger partial charge < -0.3 is 18.9 Å². The Balaban J connectivity index is 2.88. The van der Waals surface area contributed by atoms with E-state index in [-0.39, 0.29) is 0 Å². The lowest BCUT2D eigenvalue weighted by Crippen LogP contribution is -2.02. The van der Waals surface area contributed by atoms with Crippen molar-refractivity contribution >= 4 is 23.9 Å². The third-order valence-electron chi connectivity index (χ3n) is 1.19. The summed E-state index contributed by atoms with van der Waals surface area (Å²) in [6.07, 6.45) is 6.66. The molecule has 0 bridgehead atoms. The third-order valence-corrected chi connectivity index (χ3v) is 1.19. The molecule has 8 nitrogen and oxygen atoms in total. The van der Waals surface area contributed by atoms with Crippen LogP contribution in [0.3, 0.4) is 0 Å². The van der Waals surface area contributed by atoms with Gasteiger partial charge in [0.1, 0.15) is 0 Å². The van der Waals surface area contributed by atoms with Gasteiger partial charge in [0.15, 0.2) is 24.4 Å². The maximum atomic E-state index is 10.9. The van der Waals surface area contributed by atoms with Crippen LogP contribution in [0.5, 0.6) is 0 Å². The summed E-state index contributed by atoms with van der Waals surface area (Å²) in [5.74, 6) is 2.04. The second-order valence-electron chi connectivity index (χ2n) is 2.47. The molecule has 0 amide bonds. The zero-order chi connectivity index (χ0) is 14.8. The van der Waals surface area contributed by atoms with Crippen LogP contribution in [0.2, 0.25) is 0 Å². The van der Waals surface area contributed by atoms with E-state index in [1.54, 1.807) is 48.1 Å². The Morgan fingerprint density at radius 3 is 0.850 bits per heavy atom. The maximum absolute atomic E-state index is 10.9. The van der Waals surface area contributed by atoms with Gasteiger partial charge in [-0.15, -0.1) is 0 Å². The van der Waals surface area contributed by atoms with Crippen LogP contribution in [-0.2, 0) is 38.1 Å². The molecule has 0 saturated heterocycles. The highest BCUT2D eigenvalue weighted by Crippen LogP contribution is 1.80. The Hall–Kier alpha value is -3.88. The Kier molecular flexibility index (Phi) is 5.28. The monoisotopic (exact) mass is 272 g/mol. The van der Waals surface area contributed by atoms with Gasteiger partial charge in [0.25, 0.3) is 0 Å². The Morgan fingerprint density at radius 1 is 0.450 bits per heavy atom. The number of hydrogen-bond acceptors (Lipinski definition) is 8. The summed E-state index contributed by atoms with van der Waals surface area (Å²) in [4.78, 5) is 43.5. The highest BCUT2D eigenvalue weighted by molar-refractivity contribution is 5.99. The minimum absolute atomic E-state index is 1.19. The minimum atomic E-state index is -1.19. The van der Waals surface area contributed by atoms with Crippen molar-refractivity contribution in [1.29, 1.82) is 0 Å². The summed E-state index contributed by atoms with van der Waals surface area (Å²) in [5, 5.41) is 0. The molecule has 8 heteroatoms. The van der Waals surface area contributed by atoms with E-state index in [1.165, 1.54) is 0 Å². The first kappa shape index (κ1) is 14.2. The first-order chi connectivity index (χ1) is 9.58. The van der Waals surface area contributed by atoms with Crippen molar-refractivity contribution in [2.45, 2.75) is 0 Å². The van der Waals surface area contributed by atoms with Crippen LogP contribution >= 0.6 is 0 Å². The average molecular weight is 272 g/mol. The van der Waals surface area contributed by atoms with Crippen LogP contribution in [0, 0.1) is 48.1 Å². The Bertz CT molecular complexity index is 598. The molecule has 0 radical (unpaired) electrons. The zero-order valence-corrected chi connectivity index (χ0v) is 9.27. The van der Waals surface area contributed by atoms with Gasteiger partial charge in [0.05, 0.1) is 0 Å². The van der Waals surface area contributed by atoms with Crippen molar-refractivity contribution in [2.24, 2.45) is 0 Å². The molecule has 1 aliphatic heterocycles. The molecule has 1 rings (SSSR count). The number of ether oxygens (including phenoxy) is 4. The van der Waals surface area contributed by atoms with Crippen molar-refractivity contribution < 1.29 is 38.1 Å². The Labute approximate surface area is 111 Å². The van der Waals surface area contributed by atoms with E-state index in [0.29, 0.717) is 0 Å². The van der Waals surface area contributed by atoms with Crippen molar-refractivity contribution in [3.63, 3.8) is 0 Å². The molecule has 0 fully saturated rings. The molecule has 0 unspecified atom stereocenters. The van der Waals surface area contributed by atoms with E-state index in [0.717, 1.165) is 0 Å². The van der Waals surface area contributed by atoms with E-state index in [4.69, 9.17) is 0 Å². The van der Waals surface area contributed by atoms with Gasteiger partial charge in [-0.05, 0) is 0 Å². The van der Waals surface area contributed by atoms with Gasteiger partial charge in [0, 0.05) is 23.7 Å². The van der Waals surface area contributed by atoms with Gasteiger partial charge in [-0.3, -0.25) is 0 Å². The van der Waals surface area contributed by atoms with Crippen molar-refractivity contribution in [2.75, 3.05) is 0 Å². The van der Waals surface area contributed by atoms with Crippen LogP contribution in [0.1, 0.15) is 0 Å². The highest BCUT2D eigenvalue weighted by Gasteiger charge is 2.01. The molecule has 1 aliphatic rings. The lowest BCUT2D eigenvalue weighted by atomic mass is 10.6. The van der Waals surface area contributed by atoms with Crippen molar-refractivity contribution in [3.05, 3.63) is 0 Å². The second-order valence-corrected chi connectivity index (χ2v) is 2.47. The third kappa shape index (κ3) is 6.00.